The minimum atomic E-state index is -0.594. The number of nitrogens with one attached hydrogen (secondary N) is 1. The minimum absolute atomic E-state index is 0.214. The Morgan fingerprint density at radius 2 is 2.27 bits per heavy atom. The van der Waals surface area contributed by atoms with E-state index in [0.717, 1.165) is 0 Å². The second-order valence-electron chi connectivity index (χ2n) is 3.44. The maximum atomic E-state index is 13.3. The summed E-state index contributed by atoms with van der Waals surface area (Å²) in [6.07, 6.45) is 0.527. The Morgan fingerprint density at radius 3 is 2.80 bits per heavy atom. The number of carbonyl (C=O) groups is 1. The van der Waals surface area contributed by atoms with Crippen LogP contribution in [0.5, 0.6) is 0 Å². The van der Waals surface area contributed by atoms with Crippen LogP contribution >= 0.6 is 0 Å². The molecule has 0 aromatic heterocycles. The van der Waals surface area contributed by atoms with Gasteiger partial charge in [-0.25, -0.2) is 4.39 Å². The first-order valence-electron chi connectivity index (χ1n) is 4.87. The van der Waals surface area contributed by atoms with Crippen LogP contribution in [0, 0.1) is 12.7 Å². The smallest absolute Gasteiger partial charge is 0.241 e. The Kier molecular flexibility index (Phi) is 3.80. The van der Waals surface area contributed by atoms with Crippen LogP contribution < -0.4 is 11.1 Å². The fraction of sp³-hybridized carbons (Fsp3) is 0.364. The summed E-state index contributed by atoms with van der Waals surface area (Å²) in [4.78, 5) is 11.4. The second-order valence-corrected chi connectivity index (χ2v) is 3.44. The molecule has 1 aromatic rings. The van der Waals surface area contributed by atoms with Gasteiger partial charge in [0.25, 0.3) is 0 Å². The van der Waals surface area contributed by atoms with Crippen LogP contribution in [-0.4, -0.2) is 11.9 Å². The summed E-state index contributed by atoms with van der Waals surface area (Å²) in [5, 5.41) is 2.49. The van der Waals surface area contributed by atoms with Crippen molar-refractivity contribution in [2.45, 2.75) is 26.3 Å². The quantitative estimate of drug-likeness (QED) is 0.799. The summed E-state index contributed by atoms with van der Waals surface area (Å²) >= 11 is 0. The van der Waals surface area contributed by atoms with Gasteiger partial charge in [-0.05, 0) is 25.0 Å². The average molecular weight is 210 g/mol. The van der Waals surface area contributed by atoms with E-state index in [-0.39, 0.29) is 11.6 Å². The molecule has 0 saturated heterocycles. The lowest BCUT2D eigenvalue weighted by atomic mass is 10.1. The topological polar surface area (TPSA) is 55.1 Å². The molecule has 0 saturated carbocycles. The largest absolute Gasteiger partial charge is 0.322 e. The first-order chi connectivity index (χ1) is 7.06. The molecule has 1 rings (SSSR count). The van der Waals surface area contributed by atoms with Gasteiger partial charge in [-0.1, -0.05) is 19.1 Å². The molecular weight excluding hydrogens is 195 g/mol. The zero-order chi connectivity index (χ0) is 11.4. The van der Waals surface area contributed by atoms with E-state index < -0.39 is 11.9 Å². The van der Waals surface area contributed by atoms with Gasteiger partial charge in [-0.15, -0.1) is 0 Å². The number of para-hydroxylation sites is 1. The molecular formula is C11H15FN2O. The van der Waals surface area contributed by atoms with Crippen molar-refractivity contribution in [2.75, 3.05) is 5.32 Å². The zero-order valence-electron chi connectivity index (χ0n) is 8.88. The molecule has 3 nitrogen and oxygen atoms in total. The molecule has 3 N–H and O–H groups in total. The Morgan fingerprint density at radius 1 is 1.60 bits per heavy atom. The Balaban J connectivity index is 2.85. The van der Waals surface area contributed by atoms with E-state index in [9.17, 15) is 9.18 Å². The second kappa shape index (κ2) is 4.89. The summed E-state index contributed by atoms with van der Waals surface area (Å²) in [6, 6.07) is 4.04. The van der Waals surface area contributed by atoms with Crippen molar-refractivity contribution < 1.29 is 9.18 Å². The zero-order valence-corrected chi connectivity index (χ0v) is 8.88. The number of amides is 1. The number of carbonyl (C=O) groups excluding carboxylic acids is 1. The van der Waals surface area contributed by atoms with Gasteiger partial charge in [0.2, 0.25) is 5.91 Å². The molecule has 0 aliphatic rings. The van der Waals surface area contributed by atoms with Crippen molar-refractivity contribution in [1.29, 1.82) is 0 Å². The molecule has 0 aliphatic heterocycles. The summed E-state index contributed by atoms with van der Waals surface area (Å²) in [5.41, 5.74) is 6.43. The van der Waals surface area contributed by atoms with Crippen molar-refractivity contribution in [3.05, 3.63) is 29.6 Å². The standard InChI is InChI=1S/C11H15FN2O/c1-3-9(13)11(15)14-10-7(2)5-4-6-8(10)12/h4-6,9H,3,13H2,1-2H3,(H,14,15)/t9-/m0/s1. The molecule has 1 amide bonds. The van der Waals surface area contributed by atoms with Gasteiger partial charge in [0.15, 0.2) is 0 Å². The van der Waals surface area contributed by atoms with Crippen molar-refractivity contribution in [2.24, 2.45) is 5.73 Å². The van der Waals surface area contributed by atoms with E-state index in [4.69, 9.17) is 5.73 Å². The fourth-order valence-electron chi connectivity index (χ4n) is 1.19. The van der Waals surface area contributed by atoms with E-state index in [2.05, 4.69) is 5.32 Å². The normalized spacial score (nSPS) is 12.3. The maximum absolute atomic E-state index is 13.3. The first kappa shape index (κ1) is 11.7. The molecule has 0 heterocycles. The van der Waals surface area contributed by atoms with Gasteiger partial charge in [0, 0.05) is 0 Å². The van der Waals surface area contributed by atoms with Gasteiger partial charge in [-0.3, -0.25) is 4.79 Å². The third-order valence-electron chi connectivity index (χ3n) is 2.25. The number of aryl methyl sites for hydroxylation is 1. The van der Waals surface area contributed by atoms with Crippen molar-refractivity contribution in [3.63, 3.8) is 0 Å². The molecule has 0 bridgehead atoms. The summed E-state index contributed by atoms with van der Waals surface area (Å²) in [6.45, 7) is 3.54. The maximum Gasteiger partial charge on any atom is 0.241 e. The lowest BCUT2D eigenvalue weighted by Crippen LogP contribution is -2.35. The van der Waals surface area contributed by atoms with Gasteiger partial charge in [-0.2, -0.15) is 0 Å². The minimum Gasteiger partial charge on any atom is -0.322 e. The van der Waals surface area contributed by atoms with Gasteiger partial charge < -0.3 is 11.1 Å². The molecule has 1 atom stereocenters. The van der Waals surface area contributed by atoms with Crippen LogP contribution in [0.4, 0.5) is 10.1 Å². The lowest BCUT2D eigenvalue weighted by Gasteiger charge is -2.12. The van der Waals surface area contributed by atoms with Crippen molar-refractivity contribution >= 4 is 11.6 Å². The van der Waals surface area contributed by atoms with E-state index in [0.29, 0.717) is 12.0 Å². The molecule has 0 unspecified atom stereocenters. The Bertz CT molecular complexity index is 345. The molecule has 1 aromatic carbocycles. The number of rotatable bonds is 3. The summed E-state index contributed by atoms with van der Waals surface area (Å²) < 4.78 is 13.3. The van der Waals surface area contributed by atoms with E-state index in [1.165, 1.54) is 6.07 Å². The molecule has 15 heavy (non-hydrogen) atoms. The highest BCUT2D eigenvalue weighted by Crippen LogP contribution is 2.18. The van der Waals surface area contributed by atoms with Gasteiger partial charge in [0.05, 0.1) is 11.7 Å². The predicted octanol–water partition coefficient (Wildman–Crippen LogP) is 1.81. The van der Waals surface area contributed by atoms with Crippen LogP contribution in [-0.2, 0) is 4.79 Å². The average Bonchev–Trinajstić information content (AvgIpc) is 2.22. The third-order valence-corrected chi connectivity index (χ3v) is 2.25. The van der Waals surface area contributed by atoms with E-state index in [1.807, 2.05) is 0 Å². The van der Waals surface area contributed by atoms with Crippen molar-refractivity contribution in [3.8, 4) is 0 Å². The lowest BCUT2D eigenvalue weighted by molar-refractivity contribution is -0.117. The van der Waals surface area contributed by atoms with Crippen LogP contribution in [0.3, 0.4) is 0 Å². The monoisotopic (exact) mass is 210 g/mol. The van der Waals surface area contributed by atoms with E-state index >= 15 is 0 Å². The Labute approximate surface area is 88.5 Å². The molecule has 4 heteroatoms. The number of anilines is 1. The molecule has 0 spiro atoms. The summed E-state index contributed by atoms with van der Waals surface area (Å²) in [7, 11) is 0. The molecule has 0 aliphatic carbocycles. The first-order valence-corrected chi connectivity index (χ1v) is 4.87. The highest BCUT2D eigenvalue weighted by molar-refractivity contribution is 5.95. The Hall–Kier alpha value is -1.42. The summed E-state index contributed by atoms with van der Waals surface area (Å²) in [5.74, 6) is -0.794. The van der Waals surface area contributed by atoms with Crippen LogP contribution in [0.15, 0.2) is 18.2 Å². The highest BCUT2D eigenvalue weighted by atomic mass is 19.1. The van der Waals surface area contributed by atoms with Crippen LogP contribution in [0.2, 0.25) is 0 Å². The number of benzene rings is 1. The third kappa shape index (κ3) is 2.76. The van der Waals surface area contributed by atoms with Gasteiger partial charge >= 0.3 is 0 Å². The molecule has 0 fully saturated rings. The highest BCUT2D eigenvalue weighted by Gasteiger charge is 2.14. The number of halogens is 1. The predicted molar refractivity (Wildman–Crippen MR) is 58.0 cm³/mol. The molecule has 82 valence electrons. The van der Waals surface area contributed by atoms with Crippen LogP contribution in [0.25, 0.3) is 0 Å². The van der Waals surface area contributed by atoms with E-state index in [1.54, 1.807) is 26.0 Å². The molecule has 0 radical (unpaired) electrons. The fourth-order valence-corrected chi connectivity index (χ4v) is 1.19. The number of hydrogen-bond donors (Lipinski definition) is 2. The van der Waals surface area contributed by atoms with Gasteiger partial charge in [0.1, 0.15) is 5.82 Å². The van der Waals surface area contributed by atoms with Crippen LogP contribution in [0.1, 0.15) is 18.9 Å². The van der Waals surface area contributed by atoms with Crippen molar-refractivity contribution in [1.82, 2.24) is 0 Å². The number of hydrogen-bond acceptors (Lipinski definition) is 2. The SMILES string of the molecule is CC[C@H](N)C(=O)Nc1c(C)cccc1F. The number of nitrogens with two attached hydrogens (primary N) is 1.